The van der Waals surface area contributed by atoms with Gasteiger partial charge in [0.15, 0.2) is 5.82 Å². The van der Waals surface area contributed by atoms with E-state index in [1.165, 1.54) is 0 Å². The molecule has 4 rings (SSSR count). The highest BCUT2D eigenvalue weighted by Crippen LogP contribution is 2.33. The number of hydrogen-bond donors (Lipinski definition) is 1. The SMILES string of the molecule is COc1cc(C)nc(N2CCc3nc(-c4ccn[nH]4)ncc3C2C)c1. The molecule has 0 aromatic carbocycles. The minimum absolute atomic E-state index is 0.151. The number of H-pyrrole nitrogens is 1. The van der Waals surface area contributed by atoms with Crippen molar-refractivity contribution in [1.29, 1.82) is 0 Å². The number of anilines is 1. The van der Waals surface area contributed by atoms with E-state index < -0.39 is 0 Å². The fraction of sp³-hybridized carbons (Fsp3) is 0.333. The molecule has 1 aliphatic rings. The Balaban J connectivity index is 1.67. The van der Waals surface area contributed by atoms with Crippen molar-refractivity contribution in [2.45, 2.75) is 26.3 Å². The van der Waals surface area contributed by atoms with Crippen LogP contribution in [0.1, 0.15) is 29.9 Å². The minimum atomic E-state index is 0.151. The lowest BCUT2D eigenvalue weighted by Crippen LogP contribution is -2.35. The molecule has 25 heavy (non-hydrogen) atoms. The van der Waals surface area contributed by atoms with Crippen molar-refractivity contribution >= 4 is 5.82 Å². The number of nitrogens with zero attached hydrogens (tertiary/aromatic N) is 5. The average Bonchev–Trinajstić information content (AvgIpc) is 3.16. The predicted octanol–water partition coefficient (Wildman–Crippen LogP) is 2.70. The van der Waals surface area contributed by atoms with E-state index >= 15 is 0 Å². The van der Waals surface area contributed by atoms with Crippen LogP contribution < -0.4 is 9.64 Å². The monoisotopic (exact) mass is 336 g/mol. The van der Waals surface area contributed by atoms with Gasteiger partial charge in [0.1, 0.15) is 17.3 Å². The summed E-state index contributed by atoms with van der Waals surface area (Å²) in [7, 11) is 1.68. The van der Waals surface area contributed by atoms with Crippen LogP contribution >= 0.6 is 0 Å². The van der Waals surface area contributed by atoms with E-state index in [9.17, 15) is 0 Å². The van der Waals surface area contributed by atoms with E-state index in [1.807, 2.05) is 31.3 Å². The van der Waals surface area contributed by atoms with Gasteiger partial charge in [-0.1, -0.05) is 0 Å². The maximum absolute atomic E-state index is 5.39. The smallest absolute Gasteiger partial charge is 0.177 e. The summed E-state index contributed by atoms with van der Waals surface area (Å²) < 4.78 is 5.39. The third-order valence-electron chi connectivity index (χ3n) is 4.59. The van der Waals surface area contributed by atoms with Crippen LogP contribution in [-0.2, 0) is 6.42 Å². The van der Waals surface area contributed by atoms with Gasteiger partial charge in [-0.15, -0.1) is 0 Å². The zero-order chi connectivity index (χ0) is 17.4. The molecule has 128 valence electrons. The van der Waals surface area contributed by atoms with Crippen molar-refractivity contribution < 1.29 is 4.74 Å². The summed E-state index contributed by atoms with van der Waals surface area (Å²) in [4.78, 5) is 16.2. The quantitative estimate of drug-likeness (QED) is 0.792. The first-order valence-corrected chi connectivity index (χ1v) is 8.30. The van der Waals surface area contributed by atoms with Gasteiger partial charge in [0.05, 0.1) is 18.8 Å². The number of aromatic nitrogens is 5. The molecule has 1 N–H and O–H groups in total. The summed E-state index contributed by atoms with van der Waals surface area (Å²) in [6.07, 6.45) is 4.48. The topological polar surface area (TPSA) is 79.8 Å². The summed E-state index contributed by atoms with van der Waals surface area (Å²) >= 11 is 0. The zero-order valence-electron chi connectivity index (χ0n) is 14.5. The number of hydrogen-bond acceptors (Lipinski definition) is 6. The van der Waals surface area contributed by atoms with Gasteiger partial charge in [0.2, 0.25) is 0 Å². The molecule has 3 aromatic heterocycles. The molecule has 3 aromatic rings. The van der Waals surface area contributed by atoms with Crippen LogP contribution in [0.3, 0.4) is 0 Å². The van der Waals surface area contributed by atoms with Crippen LogP contribution in [0.25, 0.3) is 11.5 Å². The van der Waals surface area contributed by atoms with Gasteiger partial charge in [-0.05, 0) is 19.9 Å². The number of aryl methyl sites for hydroxylation is 1. The van der Waals surface area contributed by atoms with E-state index in [0.717, 1.165) is 47.2 Å². The zero-order valence-corrected chi connectivity index (χ0v) is 14.5. The molecule has 0 bridgehead atoms. The Bertz CT molecular complexity index is 893. The van der Waals surface area contributed by atoms with Gasteiger partial charge in [-0.3, -0.25) is 5.10 Å². The van der Waals surface area contributed by atoms with E-state index in [-0.39, 0.29) is 6.04 Å². The largest absolute Gasteiger partial charge is 0.497 e. The van der Waals surface area contributed by atoms with Gasteiger partial charge in [-0.2, -0.15) is 5.10 Å². The summed E-state index contributed by atoms with van der Waals surface area (Å²) in [5.41, 5.74) is 4.00. The molecule has 7 nitrogen and oxygen atoms in total. The summed E-state index contributed by atoms with van der Waals surface area (Å²) in [6.45, 7) is 5.00. The highest BCUT2D eigenvalue weighted by molar-refractivity contribution is 5.52. The lowest BCUT2D eigenvalue weighted by molar-refractivity contribution is 0.413. The number of rotatable bonds is 3. The van der Waals surface area contributed by atoms with Crippen molar-refractivity contribution in [1.82, 2.24) is 25.1 Å². The van der Waals surface area contributed by atoms with Gasteiger partial charge in [0.25, 0.3) is 0 Å². The Morgan fingerprint density at radius 1 is 1.28 bits per heavy atom. The molecule has 0 fully saturated rings. The molecule has 0 saturated heterocycles. The van der Waals surface area contributed by atoms with Crippen LogP contribution in [-0.4, -0.2) is 38.8 Å². The van der Waals surface area contributed by atoms with Crippen LogP contribution in [0.5, 0.6) is 5.75 Å². The molecule has 0 saturated carbocycles. The van der Waals surface area contributed by atoms with Gasteiger partial charge in [-0.25, -0.2) is 15.0 Å². The molecule has 1 aliphatic heterocycles. The molecular weight excluding hydrogens is 316 g/mol. The number of ether oxygens (including phenoxy) is 1. The third kappa shape index (κ3) is 2.82. The molecule has 0 aliphatic carbocycles. The Labute approximate surface area is 146 Å². The normalized spacial score (nSPS) is 16.6. The number of nitrogens with one attached hydrogen (secondary N) is 1. The number of methoxy groups -OCH3 is 1. The second-order valence-electron chi connectivity index (χ2n) is 6.19. The van der Waals surface area contributed by atoms with Crippen LogP contribution in [0.15, 0.2) is 30.6 Å². The predicted molar refractivity (Wildman–Crippen MR) is 94.6 cm³/mol. The van der Waals surface area contributed by atoms with Crippen LogP contribution in [0, 0.1) is 6.92 Å². The van der Waals surface area contributed by atoms with Crippen molar-refractivity contribution in [2.75, 3.05) is 18.6 Å². The van der Waals surface area contributed by atoms with E-state index in [0.29, 0.717) is 5.82 Å². The molecule has 4 heterocycles. The number of fused-ring (bicyclic) bond motifs is 1. The van der Waals surface area contributed by atoms with E-state index in [2.05, 4.69) is 32.0 Å². The standard InChI is InChI=1S/C18H20N6O/c1-11-8-13(25-3)9-17(21-11)24-7-5-15-14(12(24)2)10-19-18(22-15)16-4-6-20-23-16/h4,6,8-10,12H,5,7H2,1-3H3,(H,20,23). The summed E-state index contributed by atoms with van der Waals surface area (Å²) in [6, 6.07) is 5.95. The fourth-order valence-electron chi connectivity index (χ4n) is 3.27. The molecule has 0 radical (unpaired) electrons. The van der Waals surface area contributed by atoms with Crippen LogP contribution in [0.4, 0.5) is 5.82 Å². The maximum atomic E-state index is 5.39. The molecular formula is C18H20N6O. The summed E-state index contributed by atoms with van der Waals surface area (Å²) in [5.74, 6) is 2.44. The molecule has 0 spiro atoms. The first kappa shape index (κ1) is 15.6. The Kier molecular flexibility index (Phi) is 3.83. The highest BCUT2D eigenvalue weighted by Gasteiger charge is 2.27. The highest BCUT2D eigenvalue weighted by atomic mass is 16.5. The van der Waals surface area contributed by atoms with Crippen molar-refractivity contribution in [3.05, 3.63) is 47.5 Å². The average molecular weight is 336 g/mol. The number of pyridine rings is 1. The number of aromatic amines is 1. The van der Waals surface area contributed by atoms with Crippen molar-refractivity contribution in [3.63, 3.8) is 0 Å². The second-order valence-corrected chi connectivity index (χ2v) is 6.19. The second kappa shape index (κ2) is 6.16. The van der Waals surface area contributed by atoms with E-state index in [4.69, 9.17) is 9.72 Å². The molecule has 0 amide bonds. The lowest BCUT2D eigenvalue weighted by atomic mass is 9.99. The van der Waals surface area contributed by atoms with E-state index in [1.54, 1.807) is 13.3 Å². The van der Waals surface area contributed by atoms with Gasteiger partial charge >= 0.3 is 0 Å². The van der Waals surface area contributed by atoms with Crippen molar-refractivity contribution in [3.8, 4) is 17.3 Å². The van der Waals surface area contributed by atoms with Gasteiger partial charge < -0.3 is 9.64 Å². The maximum Gasteiger partial charge on any atom is 0.177 e. The first-order valence-electron chi connectivity index (χ1n) is 8.30. The third-order valence-corrected chi connectivity index (χ3v) is 4.59. The van der Waals surface area contributed by atoms with Crippen molar-refractivity contribution in [2.24, 2.45) is 0 Å². The summed E-state index contributed by atoms with van der Waals surface area (Å²) in [5, 5.41) is 6.88. The first-order chi connectivity index (χ1) is 12.2. The molecule has 1 atom stereocenters. The minimum Gasteiger partial charge on any atom is -0.497 e. The molecule has 7 heteroatoms. The fourth-order valence-corrected chi connectivity index (χ4v) is 3.27. The Hall–Kier alpha value is -2.96. The Morgan fingerprint density at radius 2 is 2.16 bits per heavy atom. The van der Waals surface area contributed by atoms with Gasteiger partial charge in [0, 0.05) is 48.7 Å². The molecule has 1 unspecified atom stereocenters. The Morgan fingerprint density at radius 3 is 2.92 bits per heavy atom. The lowest BCUT2D eigenvalue weighted by Gasteiger charge is -2.35. The van der Waals surface area contributed by atoms with Crippen LogP contribution in [0.2, 0.25) is 0 Å².